The summed E-state index contributed by atoms with van der Waals surface area (Å²) in [4.78, 5) is 8.72. The lowest BCUT2D eigenvalue weighted by Gasteiger charge is -2.00. The first kappa shape index (κ1) is 12.3. The van der Waals surface area contributed by atoms with Crippen molar-refractivity contribution in [2.45, 2.75) is 0 Å². The maximum Gasteiger partial charge on any atom is 0.133 e. The molecule has 2 N–H and O–H groups in total. The van der Waals surface area contributed by atoms with Crippen LogP contribution in [0.2, 0.25) is 0 Å². The summed E-state index contributed by atoms with van der Waals surface area (Å²) in [6.45, 7) is 0. The number of nitrogens with two attached hydrogens (primary N) is 1. The van der Waals surface area contributed by atoms with Crippen LogP contribution in [0.5, 0.6) is 0 Å². The molecule has 3 rings (SSSR count). The Bertz CT molecular complexity index is 724. The first-order chi connectivity index (χ1) is 9.24. The summed E-state index contributed by atoms with van der Waals surface area (Å²) >= 11 is 5.04. The van der Waals surface area contributed by atoms with E-state index in [4.69, 9.17) is 5.73 Å². The number of rotatable bonds is 2. The molecule has 0 amide bonds. The van der Waals surface area contributed by atoms with E-state index in [0.29, 0.717) is 5.82 Å². The average molecular weight is 332 g/mol. The van der Waals surface area contributed by atoms with Gasteiger partial charge < -0.3 is 5.73 Å². The number of benzene rings is 1. The van der Waals surface area contributed by atoms with Gasteiger partial charge in [-0.05, 0) is 24.3 Å². The Morgan fingerprint density at radius 2 is 2.05 bits per heavy atom. The van der Waals surface area contributed by atoms with Crippen LogP contribution in [-0.2, 0) is 0 Å². The molecule has 0 saturated heterocycles. The highest BCUT2D eigenvalue weighted by atomic mass is 79.9. The molecule has 0 atom stereocenters. The van der Waals surface area contributed by atoms with Crippen molar-refractivity contribution in [1.29, 1.82) is 0 Å². The molecule has 0 bridgehead atoms. The second-order valence-electron chi connectivity index (χ2n) is 3.98. The minimum absolute atomic E-state index is 0.512. The Balaban J connectivity index is 2.03. The van der Waals surface area contributed by atoms with Gasteiger partial charge in [0.2, 0.25) is 0 Å². The van der Waals surface area contributed by atoms with Crippen LogP contribution in [0.25, 0.3) is 21.8 Å². The lowest BCUT2D eigenvalue weighted by atomic mass is 10.2. The number of pyridine rings is 1. The zero-order chi connectivity index (χ0) is 13.2. The fourth-order valence-electron chi connectivity index (χ4n) is 1.78. The maximum atomic E-state index is 5.87. The standard InChI is InChI=1S/C14H10BrN3S/c15-10-4-1-3-9(7-10)12-8-19-14(18-12)11-5-2-6-17-13(11)16/h1-8H,(H2,16,17). The van der Waals surface area contributed by atoms with Crippen molar-refractivity contribution in [2.24, 2.45) is 0 Å². The first-order valence-corrected chi connectivity index (χ1v) is 7.33. The molecule has 0 aliphatic heterocycles. The highest BCUT2D eigenvalue weighted by molar-refractivity contribution is 9.10. The molecule has 0 radical (unpaired) electrons. The molecule has 0 fully saturated rings. The minimum atomic E-state index is 0.512. The number of anilines is 1. The molecule has 0 saturated carbocycles. The van der Waals surface area contributed by atoms with Crippen LogP contribution in [-0.4, -0.2) is 9.97 Å². The molecular weight excluding hydrogens is 322 g/mol. The Labute approximate surface area is 123 Å². The summed E-state index contributed by atoms with van der Waals surface area (Å²) in [5.41, 5.74) is 8.79. The minimum Gasteiger partial charge on any atom is -0.383 e. The lowest BCUT2D eigenvalue weighted by Crippen LogP contribution is -1.92. The van der Waals surface area contributed by atoms with Crippen LogP contribution < -0.4 is 5.73 Å². The zero-order valence-electron chi connectivity index (χ0n) is 9.88. The number of aromatic nitrogens is 2. The third-order valence-corrected chi connectivity index (χ3v) is 4.06. The fraction of sp³-hybridized carbons (Fsp3) is 0. The average Bonchev–Trinajstić information content (AvgIpc) is 2.89. The molecule has 19 heavy (non-hydrogen) atoms. The van der Waals surface area contributed by atoms with E-state index in [1.54, 1.807) is 17.5 Å². The third-order valence-electron chi connectivity index (χ3n) is 2.69. The summed E-state index contributed by atoms with van der Waals surface area (Å²) in [6.07, 6.45) is 1.68. The van der Waals surface area contributed by atoms with Gasteiger partial charge in [-0.1, -0.05) is 28.1 Å². The number of hydrogen-bond acceptors (Lipinski definition) is 4. The van der Waals surface area contributed by atoms with Crippen LogP contribution in [0, 0.1) is 0 Å². The van der Waals surface area contributed by atoms with Crippen molar-refractivity contribution in [1.82, 2.24) is 9.97 Å². The van der Waals surface area contributed by atoms with Crippen molar-refractivity contribution in [3.63, 3.8) is 0 Å². The number of hydrogen-bond donors (Lipinski definition) is 1. The van der Waals surface area contributed by atoms with Gasteiger partial charge >= 0.3 is 0 Å². The maximum absolute atomic E-state index is 5.87. The van der Waals surface area contributed by atoms with Gasteiger partial charge in [-0.3, -0.25) is 0 Å². The van der Waals surface area contributed by atoms with Gasteiger partial charge in [-0.25, -0.2) is 9.97 Å². The number of nitrogens with zero attached hydrogens (tertiary/aromatic N) is 2. The second kappa shape index (κ2) is 5.11. The van der Waals surface area contributed by atoms with Gasteiger partial charge in [0.05, 0.1) is 11.3 Å². The van der Waals surface area contributed by atoms with Gasteiger partial charge in [-0.15, -0.1) is 11.3 Å². The second-order valence-corrected chi connectivity index (χ2v) is 5.76. The summed E-state index contributed by atoms with van der Waals surface area (Å²) in [5.74, 6) is 0.512. The highest BCUT2D eigenvalue weighted by Gasteiger charge is 2.09. The third kappa shape index (κ3) is 2.52. The van der Waals surface area contributed by atoms with Crippen LogP contribution in [0.3, 0.4) is 0 Å². The molecule has 0 aliphatic carbocycles. The zero-order valence-corrected chi connectivity index (χ0v) is 12.3. The molecule has 5 heteroatoms. The molecule has 2 aromatic heterocycles. The summed E-state index contributed by atoms with van der Waals surface area (Å²) in [7, 11) is 0. The summed E-state index contributed by atoms with van der Waals surface area (Å²) in [6, 6.07) is 11.9. The smallest absolute Gasteiger partial charge is 0.133 e. The van der Waals surface area contributed by atoms with E-state index in [-0.39, 0.29) is 0 Å². The van der Waals surface area contributed by atoms with Crippen molar-refractivity contribution >= 4 is 33.1 Å². The van der Waals surface area contributed by atoms with Crippen LogP contribution in [0.1, 0.15) is 0 Å². The van der Waals surface area contributed by atoms with E-state index in [9.17, 15) is 0 Å². The normalized spacial score (nSPS) is 10.6. The predicted molar refractivity (Wildman–Crippen MR) is 82.9 cm³/mol. The highest BCUT2D eigenvalue weighted by Crippen LogP contribution is 2.31. The van der Waals surface area contributed by atoms with Crippen molar-refractivity contribution in [3.8, 4) is 21.8 Å². The quantitative estimate of drug-likeness (QED) is 0.764. The topological polar surface area (TPSA) is 51.8 Å². The van der Waals surface area contributed by atoms with E-state index in [0.717, 1.165) is 26.3 Å². The molecular formula is C14H10BrN3S. The first-order valence-electron chi connectivity index (χ1n) is 5.66. The monoisotopic (exact) mass is 331 g/mol. The summed E-state index contributed by atoms with van der Waals surface area (Å²) < 4.78 is 1.04. The Hall–Kier alpha value is -1.72. The van der Waals surface area contributed by atoms with Gasteiger partial charge in [0.1, 0.15) is 10.8 Å². The van der Waals surface area contributed by atoms with Gasteiger partial charge in [0.25, 0.3) is 0 Å². The van der Waals surface area contributed by atoms with Gasteiger partial charge in [0, 0.05) is 21.6 Å². The van der Waals surface area contributed by atoms with E-state index < -0.39 is 0 Å². The lowest BCUT2D eigenvalue weighted by molar-refractivity contribution is 1.32. The number of thiazole rings is 1. The SMILES string of the molecule is Nc1ncccc1-c1nc(-c2cccc(Br)c2)cs1. The Kier molecular flexibility index (Phi) is 3.31. The van der Waals surface area contributed by atoms with Crippen LogP contribution in [0.15, 0.2) is 52.4 Å². The van der Waals surface area contributed by atoms with E-state index in [1.807, 2.05) is 41.8 Å². The molecule has 0 aliphatic rings. The molecule has 0 unspecified atom stereocenters. The van der Waals surface area contributed by atoms with Crippen LogP contribution >= 0.6 is 27.3 Å². The van der Waals surface area contributed by atoms with E-state index in [1.165, 1.54) is 0 Å². The van der Waals surface area contributed by atoms with Crippen molar-refractivity contribution in [3.05, 3.63) is 52.4 Å². The van der Waals surface area contributed by atoms with Crippen LogP contribution in [0.4, 0.5) is 5.82 Å². The van der Waals surface area contributed by atoms with E-state index >= 15 is 0 Å². The summed E-state index contributed by atoms with van der Waals surface area (Å²) in [5, 5.41) is 2.92. The van der Waals surface area contributed by atoms with Gasteiger partial charge in [-0.2, -0.15) is 0 Å². The molecule has 94 valence electrons. The Morgan fingerprint density at radius 3 is 2.84 bits per heavy atom. The van der Waals surface area contributed by atoms with Crippen molar-refractivity contribution in [2.75, 3.05) is 5.73 Å². The number of halogens is 1. The molecule has 0 spiro atoms. The molecule has 2 heterocycles. The number of nitrogen functional groups attached to an aromatic ring is 1. The van der Waals surface area contributed by atoms with Crippen molar-refractivity contribution < 1.29 is 0 Å². The Morgan fingerprint density at radius 1 is 1.16 bits per heavy atom. The predicted octanol–water partition coefficient (Wildman–Crippen LogP) is 4.22. The van der Waals surface area contributed by atoms with Gasteiger partial charge in [0.15, 0.2) is 0 Å². The molecule has 3 aromatic rings. The molecule has 3 nitrogen and oxygen atoms in total. The largest absolute Gasteiger partial charge is 0.383 e. The fourth-order valence-corrected chi connectivity index (χ4v) is 3.04. The molecule has 1 aromatic carbocycles. The van der Waals surface area contributed by atoms with E-state index in [2.05, 4.69) is 25.9 Å².